The Kier molecular flexibility index (Phi) is 4.53. The number of primary sulfonamides is 1. The van der Waals surface area contributed by atoms with Gasteiger partial charge in [0.1, 0.15) is 11.3 Å². The maximum absolute atomic E-state index is 12.4. The first kappa shape index (κ1) is 19.3. The first-order valence-corrected chi connectivity index (χ1v) is 11.1. The number of ether oxygens (including phenoxy) is 1. The van der Waals surface area contributed by atoms with Crippen LogP contribution in [-0.2, 0) is 16.6 Å². The zero-order valence-corrected chi connectivity index (χ0v) is 17.1. The van der Waals surface area contributed by atoms with Crippen LogP contribution in [-0.4, -0.2) is 15.1 Å². The van der Waals surface area contributed by atoms with Gasteiger partial charge in [-0.1, -0.05) is 30.3 Å². The molecule has 4 aromatic rings. The molecular formula is C23H18N2O5S. The molecule has 0 unspecified atom stereocenters. The van der Waals surface area contributed by atoms with Gasteiger partial charge in [-0.2, -0.15) is 0 Å². The summed E-state index contributed by atoms with van der Waals surface area (Å²) in [6.07, 6.45) is 0. The van der Waals surface area contributed by atoms with E-state index in [1.165, 1.54) is 18.2 Å². The number of hydrogen-bond donors (Lipinski definition) is 1. The van der Waals surface area contributed by atoms with E-state index in [0.717, 1.165) is 27.8 Å². The number of benzene rings is 3. The van der Waals surface area contributed by atoms with Crippen molar-refractivity contribution in [1.29, 1.82) is 0 Å². The maximum Gasteiger partial charge on any atom is 0.336 e. The van der Waals surface area contributed by atoms with Gasteiger partial charge in [-0.25, -0.2) is 18.4 Å². The summed E-state index contributed by atoms with van der Waals surface area (Å²) >= 11 is 0. The molecule has 0 saturated carbocycles. The molecule has 0 bridgehead atoms. The Morgan fingerprint density at radius 1 is 0.935 bits per heavy atom. The smallest absolute Gasteiger partial charge is 0.336 e. The van der Waals surface area contributed by atoms with Crippen molar-refractivity contribution in [3.8, 4) is 16.9 Å². The highest BCUT2D eigenvalue weighted by molar-refractivity contribution is 7.89. The number of sulfonamides is 1. The van der Waals surface area contributed by atoms with Crippen molar-refractivity contribution in [3.05, 3.63) is 88.8 Å². The number of fused-ring (bicyclic) bond motifs is 3. The van der Waals surface area contributed by atoms with E-state index >= 15 is 0 Å². The highest BCUT2D eigenvalue weighted by atomic mass is 32.2. The van der Waals surface area contributed by atoms with Gasteiger partial charge in [0.05, 0.1) is 17.0 Å². The first-order chi connectivity index (χ1) is 14.9. The molecule has 1 aliphatic rings. The summed E-state index contributed by atoms with van der Waals surface area (Å²) in [6, 6.07) is 21.2. The fourth-order valence-electron chi connectivity index (χ4n) is 3.80. The van der Waals surface area contributed by atoms with Crippen LogP contribution < -0.4 is 20.4 Å². The van der Waals surface area contributed by atoms with Gasteiger partial charge >= 0.3 is 5.63 Å². The minimum Gasteiger partial charge on any atom is -0.473 e. The topological polar surface area (TPSA) is 103 Å². The average molecular weight is 434 g/mol. The summed E-state index contributed by atoms with van der Waals surface area (Å²) in [7, 11) is -3.76. The lowest BCUT2D eigenvalue weighted by Gasteiger charge is -2.31. The Bertz CT molecular complexity index is 1450. The second kappa shape index (κ2) is 7.26. The fourth-order valence-corrected chi connectivity index (χ4v) is 4.32. The average Bonchev–Trinajstić information content (AvgIpc) is 2.78. The molecule has 1 aliphatic heterocycles. The monoisotopic (exact) mass is 434 g/mol. The molecule has 8 heteroatoms. The first-order valence-electron chi connectivity index (χ1n) is 9.56. The van der Waals surface area contributed by atoms with E-state index in [1.807, 2.05) is 47.4 Å². The Morgan fingerprint density at radius 2 is 1.68 bits per heavy atom. The van der Waals surface area contributed by atoms with E-state index in [1.54, 1.807) is 12.1 Å². The number of rotatable bonds is 3. The predicted molar refractivity (Wildman–Crippen MR) is 117 cm³/mol. The summed E-state index contributed by atoms with van der Waals surface area (Å²) in [6.45, 7) is 0.707. The van der Waals surface area contributed by atoms with Gasteiger partial charge in [-0.15, -0.1) is 0 Å². The summed E-state index contributed by atoms with van der Waals surface area (Å²) in [5.41, 5.74) is 3.28. The lowest BCUT2D eigenvalue weighted by Crippen LogP contribution is -2.32. The molecule has 2 N–H and O–H groups in total. The van der Waals surface area contributed by atoms with Crippen LogP contribution in [0.1, 0.15) is 5.56 Å². The second-order valence-corrected chi connectivity index (χ2v) is 8.84. The van der Waals surface area contributed by atoms with Crippen LogP contribution in [0.3, 0.4) is 0 Å². The van der Waals surface area contributed by atoms with Crippen LogP contribution in [0.25, 0.3) is 22.1 Å². The standard InChI is InChI=1S/C23H18N2O5S/c24-31(27,28)17-8-6-16(7-9-17)25-13-20-21(29-14-25)11-10-18-19(12-22(26)30-23(18)20)15-4-2-1-3-5-15/h1-12H,13-14H2,(H2,24,27,28). The highest BCUT2D eigenvalue weighted by Gasteiger charge is 2.23. The van der Waals surface area contributed by atoms with E-state index in [0.29, 0.717) is 17.9 Å². The molecule has 0 radical (unpaired) electrons. The van der Waals surface area contributed by atoms with E-state index in [4.69, 9.17) is 14.3 Å². The predicted octanol–water partition coefficient (Wildman–Crippen LogP) is 3.46. The molecule has 0 atom stereocenters. The molecule has 2 heterocycles. The molecule has 0 fully saturated rings. The Labute approximate surface area is 178 Å². The molecule has 7 nitrogen and oxygen atoms in total. The van der Waals surface area contributed by atoms with E-state index in [9.17, 15) is 13.2 Å². The van der Waals surface area contributed by atoms with Crippen molar-refractivity contribution >= 4 is 26.7 Å². The molecule has 5 rings (SSSR count). The van der Waals surface area contributed by atoms with Gasteiger partial charge in [0.25, 0.3) is 0 Å². The van der Waals surface area contributed by atoms with Crippen molar-refractivity contribution in [2.75, 3.05) is 11.6 Å². The third-order valence-electron chi connectivity index (χ3n) is 5.31. The number of anilines is 1. The molecule has 31 heavy (non-hydrogen) atoms. The molecule has 0 spiro atoms. The molecule has 156 valence electrons. The SMILES string of the molecule is NS(=O)(=O)c1ccc(N2COc3ccc4c(-c5ccccc5)cc(=O)oc4c3C2)cc1. The van der Waals surface area contributed by atoms with E-state index in [-0.39, 0.29) is 11.6 Å². The van der Waals surface area contributed by atoms with Gasteiger partial charge in [0, 0.05) is 17.1 Å². The maximum atomic E-state index is 12.4. The van der Waals surface area contributed by atoms with Crippen LogP contribution in [0.2, 0.25) is 0 Å². The Hall–Kier alpha value is -3.62. The van der Waals surface area contributed by atoms with Crippen LogP contribution >= 0.6 is 0 Å². The molecule has 0 amide bonds. The largest absolute Gasteiger partial charge is 0.473 e. The normalized spacial score (nSPS) is 13.6. The zero-order valence-electron chi connectivity index (χ0n) is 16.3. The van der Waals surface area contributed by atoms with Crippen molar-refractivity contribution in [3.63, 3.8) is 0 Å². The summed E-state index contributed by atoms with van der Waals surface area (Å²) in [4.78, 5) is 14.3. The highest BCUT2D eigenvalue weighted by Crippen LogP contribution is 2.37. The molecule has 1 aromatic heterocycles. The summed E-state index contributed by atoms with van der Waals surface area (Å²) < 4.78 is 34.5. The van der Waals surface area contributed by atoms with E-state index in [2.05, 4.69) is 0 Å². The van der Waals surface area contributed by atoms with Crippen LogP contribution in [0.15, 0.2) is 86.9 Å². The minimum atomic E-state index is -3.76. The zero-order chi connectivity index (χ0) is 21.6. The summed E-state index contributed by atoms with van der Waals surface area (Å²) in [5, 5.41) is 6.00. The molecule has 3 aromatic carbocycles. The molecule has 0 aliphatic carbocycles. The van der Waals surface area contributed by atoms with Gasteiger partial charge < -0.3 is 14.1 Å². The van der Waals surface area contributed by atoms with Crippen molar-refractivity contribution in [2.24, 2.45) is 5.14 Å². The Balaban J connectivity index is 1.59. The van der Waals surface area contributed by atoms with Gasteiger partial charge in [-0.05, 0) is 47.5 Å². The Morgan fingerprint density at radius 3 is 2.39 bits per heavy atom. The number of nitrogens with two attached hydrogens (primary N) is 1. The number of nitrogens with zero attached hydrogens (tertiary/aromatic N) is 1. The van der Waals surface area contributed by atoms with Gasteiger partial charge in [0.15, 0.2) is 6.73 Å². The molecule has 0 saturated heterocycles. The third kappa shape index (κ3) is 3.56. The lowest BCUT2D eigenvalue weighted by molar-refractivity contribution is 0.289. The fraction of sp³-hybridized carbons (Fsp3) is 0.0870. The van der Waals surface area contributed by atoms with Crippen molar-refractivity contribution in [1.82, 2.24) is 0 Å². The van der Waals surface area contributed by atoms with Crippen molar-refractivity contribution < 1.29 is 17.6 Å². The quantitative estimate of drug-likeness (QED) is 0.496. The van der Waals surface area contributed by atoms with Gasteiger partial charge in [-0.3, -0.25) is 0 Å². The second-order valence-electron chi connectivity index (χ2n) is 7.27. The third-order valence-corrected chi connectivity index (χ3v) is 6.24. The molecular weight excluding hydrogens is 416 g/mol. The van der Waals surface area contributed by atoms with E-state index < -0.39 is 15.6 Å². The summed E-state index contributed by atoms with van der Waals surface area (Å²) in [5.74, 6) is 0.651. The number of hydrogen-bond acceptors (Lipinski definition) is 6. The minimum absolute atomic E-state index is 0.0403. The van der Waals surface area contributed by atoms with Crippen LogP contribution in [0, 0.1) is 0 Å². The van der Waals surface area contributed by atoms with Crippen LogP contribution in [0.5, 0.6) is 5.75 Å². The lowest BCUT2D eigenvalue weighted by atomic mass is 9.99. The van der Waals surface area contributed by atoms with Crippen molar-refractivity contribution in [2.45, 2.75) is 11.4 Å². The van der Waals surface area contributed by atoms with Gasteiger partial charge in [0.2, 0.25) is 10.0 Å². The van der Waals surface area contributed by atoms with Crippen LogP contribution in [0.4, 0.5) is 5.69 Å².